The van der Waals surface area contributed by atoms with Gasteiger partial charge >= 0.3 is 5.69 Å². The first-order valence-electron chi connectivity index (χ1n) is 5.63. The molecule has 0 fully saturated rings. The summed E-state index contributed by atoms with van der Waals surface area (Å²) in [6.07, 6.45) is 1.46. The lowest BCUT2D eigenvalue weighted by atomic mass is 10.2. The molecule has 0 amide bonds. The van der Waals surface area contributed by atoms with Crippen LogP contribution in [0, 0.1) is 10.1 Å². The fourth-order valence-corrected chi connectivity index (χ4v) is 1.97. The van der Waals surface area contributed by atoms with E-state index in [1.165, 1.54) is 18.2 Å². The lowest BCUT2D eigenvalue weighted by Gasteiger charge is -2.06. The van der Waals surface area contributed by atoms with Gasteiger partial charge in [0, 0.05) is 11.6 Å². The fraction of sp³-hybridized carbons (Fsp3) is 0.417. The lowest BCUT2D eigenvalue weighted by molar-refractivity contribution is -0.385. The van der Waals surface area contributed by atoms with Crippen molar-refractivity contribution in [2.24, 2.45) is 0 Å². The van der Waals surface area contributed by atoms with Crippen LogP contribution in [0.2, 0.25) is 0 Å². The number of nitrogens with zero attached hydrogens (tertiary/aromatic N) is 1. The number of benzene rings is 1. The first-order chi connectivity index (χ1) is 8.69. The molecule has 0 aliphatic rings. The maximum absolute atomic E-state index is 10.8. The summed E-state index contributed by atoms with van der Waals surface area (Å²) in [4.78, 5) is 20.9. The number of aldehydes is 1. The van der Waals surface area contributed by atoms with E-state index in [2.05, 4.69) is 6.92 Å². The van der Waals surface area contributed by atoms with Crippen molar-refractivity contribution in [3.63, 3.8) is 0 Å². The average molecular weight is 269 g/mol. The maximum Gasteiger partial charge on any atom is 0.310 e. The zero-order valence-corrected chi connectivity index (χ0v) is 10.9. The van der Waals surface area contributed by atoms with Crippen LogP contribution >= 0.6 is 11.8 Å². The molecule has 0 atom stereocenters. The highest BCUT2D eigenvalue weighted by atomic mass is 32.2. The quantitative estimate of drug-likeness (QED) is 0.314. The molecule has 0 spiro atoms. The minimum Gasteiger partial charge on any atom is -0.487 e. The molecule has 1 aromatic rings. The normalized spacial score (nSPS) is 10.1. The minimum absolute atomic E-state index is 0.108. The number of thioether (sulfide) groups is 1. The van der Waals surface area contributed by atoms with Crippen molar-refractivity contribution in [1.82, 2.24) is 0 Å². The van der Waals surface area contributed by atoms with E-state index in [1.54, 1.807) is 11.8 Å². The standard InChI is InChI=1S/C12H15NO4S/c1-2-18-7-3-6-17-12-8-10(9-14)4-5-11(12)13(15)16/h4-5,8-9H,2-3,6-7H2,1H3. The maximum atomic E-state index is 10.8. The van der Waals surface area contributed by atoms with Crippen LogP contribution in [-0.4, -0.2) is 29.3 Å². The van der Waals surface area contributed by atoms with E-state index in [0.29, 0.717) is 18.5 Å². The number of rotatable bonds is 8. The van der Waals surface area contributed by atoms with Gasteiger partial charge in [-0.15, -0.1) is 0 Å². The Kier molecular flexibility index (Phi) is 6.21. The predicted octanol–water partition coefficient (Wildman–Crippen LogP) is 2.93. The van der Waals surface area contributed by atoms with Gasteiger partial charge in [0.25, 0.3) is 0 Å². The molecule has 0 aliphatic carbocycles. The van der Waals surface area contributed by atoms with Gasteiger partial charge in [0.1, 0.15) is 6.29 Å². The summed E-state index contributed by atoms with van der Waals surface area (Å²) in [5, 5.41) is 10.8. The Morgan fingerprint density at radius 2 is 2.28 bits per heavy atom. The molecule has 0 aromatic heterocycles. The largest absolute Gasteiger partial charge is 0.487 e. The summed E-state index contributed by atoms with van der Waals surface area (Å²) in [6.45, 7) is 2.49. The molecule has 1 rings (SSSR count). The third kappa shape index (κ3) is 4.37. The third-order valence-electron chi connectivity index (χ3n) is 2.21. The van der Waals surface area contributed by atoms with Crippen molar-refractivity contribution in [1.29, 1.82) is 0 Å². The second-order valence-electron chi connectivity index (χ2n) is 3.50. The topological polar surface area (TPSA) is 69.4 Å². The average Bonchev–Trinajstić information content (AvgIpc) is 2.38. The Balaban J connectivity index is 2.66. The van der Waals surface area contributed by atoms with E-state index < -0.39 is 4.92 Å². The van der Waals surface area contributed by atoms with Gasteiger partial charge in [-0.05, 0) is 30.1 Å². The Morgan fingerprint density at radius 3 is 2.89 bits per heavy atom. The van der Waals surface area contributed by atoms with Gasteiger partial charge in [0.05, 0.1) is 11.5 Å². The molecular weight excluding hydrogens is 254 g/mol. The van der Waals surface area contributed by atoms with E-state index in [9.17, 15) is 14.9 Å². The summed E-state index contributed by atoms with van der Waals surface area (Å²) >= 11 is 1.79. The smallest absolute Gasteiger partial charge is 0.310 e. The minimum atomic E-state index is -0.509. The van der Waals surface area contributed by atoms with Crippen LogP contribution in [0.25, 0.3) is 0 Å². The summed E-state index contributed by atoms with van der Waals surface area (Å²) in [7, 11) is 0. The van der Waals surface area contributed by atoms with E-state index in [4.69, 9.17) is 4.74 Å². The molecule has 0 saturated heterocycles. The van der Waals surface area contributed by atoms with Gasteiger partial charge in [0.15, 0.2) is 5.75 Å². The van der Waals surface area contributed by atoms with Gasteiger partial charge in [-0.2, -0.15) is 11.8 Å². The molecular formula is C12H15NO4S. The number of nitro groups is 1. The summed E-state index contributed by atoms with van der Waals surface area (Å²) in [5.74, 6) is 2.16. The van der Waals surface area contributed by atoms with Gasteiger partial charge < -0.3 is 4.74 Å². The number of nitro benzene ring substituents is 1. The highest BCUT2D eigenvalue weighted by Crippen LogP contribution is 2.27. The van der Waals surface area contributed by atoms with Crippen LogP contribution in [0.3, 0.4) is 0 Å². The molecule has 98 valence electrons. The van der Waals surface area contributed by atoms with E-state index in [1.807, 2.05) is 0 Å². The molecule has 6 heteroatoms. The highest BCUT2D eigenvalue weighted by Gasteiger charge is 2.15. The zero-order chi connectivity index (χ0) is 13.4. The Bertz CT molecular complexity index is 423. The molecule has 0 aliphatic heterocycles. The van der Waals surface area contributed by atoms with Crippen LogP contribution in [0.4, 0.5) is 5.69 Å². The molecule has 0 bridgehead atoms. The number of ether oxygens (including phenoxy) is 1. The van der Waals surface area contributed by atoms with E-state index in [0.717, 1.165) is 17.9 Å². The zero-order valence-electron chi connectivity index (χ0n) is 10.1. The second kappa shape index (κ2) is 7.71. The van der Waals surface area contributed by atoms with E-state index >= 15 is 0 Å². The summed E-state index contributed by atoms with van der Waals surface area (Å²) in [6, 6.07) is 4.10. The monoisotopic (exact) mass is 269 g/mol. The molecule has 18 heavy (non-hydrogen) atoms. The predicted molar refractivity (Wildman–Crippen MR) is 71.6 cm³/mol. The summed E-state index contributed by atoms with van der Waals surface area (Å²) in [5.41, 5.74) is 0.266. The van der Waals surface area contributed by atoms with Gasteiger partial charge in [-0.3, -0.25) is 14.9 Å². The van der Waals surface area contributed by atoms with Crippen LogP contribution in [0.15, 0.2) is 18.2 Å². The molecule has 1 aromatic carbocycles. The fourth-order valence-electron chi connectivity index (χ4n) is 1.36. The Hall–Kier alpha value is -1.56. The highest BCUT2D eigenvalue weighted by molar-refractivity contribution is 7.99. The molecule has 0 radical (unpaired) electrons. The molecule has 5 nitrogen and oxygen atoms in total. The number of hydrogen-bond donors (Lipinski definition) is 0. The van der Waals surface area contributed by atoms with Crippen LogP contribution in [0.5, 0.6) is 5.75 Å². The van der Waals surface area contributed by atoms with Crippen molar-refractivity contribution in [2.45, 2.75) is 13.3 Å². The molecule has 0 N–H and O–H groups in total. The van der Waals surface area contributed by atoms with Crippen LogP contribution in [-0.2, 0) is 0 Å². The van der Waals surface area contributed by atoms with Gasteiger partial charge in [0.2, 0.25) is 0 Å². The van der Waals surface area contributed by atoms with Crippen molar-refractivity contribution in [3.05, 3.63) is 33.9 Å². The summed E-state index contributed by atoms with van der Waals surface area (Å²) < 4.78 is 5.37. The van der Waals surface area contributed by atoms with Crippen molar-refractivity contribution < 1.29 is 14.5 Å². The Labute approximate surface area is 110 Å². The van der Waals surface area contributed by atoms with Crippen molar-refractivity contribution >= 4 is 23.7 Å². The van der Waals surface area contributed by atoms with Crippen LogP contribution in [0.1, 0.15) is 23.7 Å². The first-order valence-corrected chi connectivity index (χ1v) is 6.78. The second-order valence-corrected chi connectivity index (χ2v) is 4.89. The third-order valence-corrected chi connectivity index (χ3v) is 3.20. The molecule has 0 unspecified atom stereocenters. The SMILES string of the molecule is CCSCCCOc1cc(C=O)ccc1[N+](=O)[O-]. The van der Waals surface area contributed by atoms with Gasteiger partial charge in [-0.25, -0.2) is 0 Å². The molecule has 0 saturated carbocycles. The number of carbonyl (C=O) groups excluding carboxylic acids is 1. The first kappa shape index (κ1) is 14.5. The Morgan fingerprint density at radius 1 is 1.50 bits per heavy atom. The number of carbonyl (C=O) groups is 1. The van der Waals surface area contributed by atoms with Crippen LogP contribution < -0.4 is 4.74 Å². The number of hydrogen-bond acceptors (Lipinski definition) is 5. The molecule has 0 heterocycles. The lowest BCUT2D eigenvalue weighted by Crippen LogP contribution is -2.02. The van der Waals surface area contributed by atoms with E-state index in [-0.39, 0.29) is 11.4 Å². The van der Waals surface area contributed by atoms with Crippen molar-refractivity contribution in [3.8, 4) is 5.75 Å². The van der Waals surface area contributed by atoms with Crippen molar-refractivity contribution in [2.75, 3.05) is 18.1 Å². The van der Waals surface area contributed by atoms with Gasteiger partial charge in [-0.1, -0.05) is 6.92 Å².